The van der Waals surface area contributed by atoms with Crippen molar-refractivity contribution in [3.8, 4) is 0 Å². The van der Waals surface area contributed by atoms with Crippen molar-refractivity contribution in [3.05, 3.63) is 29.8 Å². The zero-order valence-electron chi connectivity index (χ0n) is 11.7. The van der Waals surface area contributed by atoms with Crippen molar-refractivity contribution in [2.24, 2.45) is 0 Å². The molecule has 0 saturated carbocycles. The highest BCUT2D eigenvalue weighted by Gasteiger charge is 2.43. The lowest BCUT2D eigenvalue weighted by molar-refractivity contribution is -0.170. The Balaban J connectivity index is 2.33. The van der Waals surface area contributed by atoms with Crippen molar-refractivity contribution in [1.82, 2.24) is 0 Å². The average molecular weight is 303 g/mol. The van der Waals surface area contributed by atoms with E-state index in [0.717, 1.165) is 0 Å². The minimum absolute atomic E-state index is 0.0831. The number of anilines is 1. The highest BCUT2D eigenvalue weighted by Crippen LogP contribution is 2.33. The first-order chi connectivity index (χ1) is 9.78. The second kappa shape index (κ2) is 5.65. The summed E-state index contributed by atoms with van der Waals surface area (Å²) in [4.78, 5) is 12.1. The second-order valence-electron chi connectivity index (χ2n) is 4.74. The molecule has 1 aliphatic rings. The number of amides is 1. The summed E-state index contributed by atoms with van der Waals surface area (Å²) in [6, 6.07) is 6.21. The number of carbonyl (C=O) groups is 1. The van der Waals surface area contributed by atoms with Crippen LogP contribution in [0.4, 0.5) is 18.9 Å². The molecule has 0 bridgehead atoms. The molecule has 0 spiro atoms. The van der Waals surface area contributed by atoms with E-state index in [2.05, 4.69) is 0 Å². The third-order valence-electron chi connectivity index (χ3n) is 3.32. The van der Waals surface area contributed by atoms with Crippen LogP contribution < -0.4 is 4.90 Å². The summed E-state index contributed by atoms with van der Waals surface area (Å²) in [6.45, 7) is 3.93. The Bertz CT molecular complexity index is 524. The van der Waals surface area contributed by atoms with E-state index in [4.69, 9.17) is 9.47 Å². The van der Waals surface area contributed by atoms with E-state index in [1.165, 1.54) is 19.1 Å². The van der Waals surface area contributed by atoms with E-state index in [-0.39, 0.29) is 12.2 Å². The average Bonchev–Trinajstić information content (AvgIpc) is 2.87. The molecule has 0 aromatic heterocycles. The van der Waals surface area contributed by atoms with Gasteiger partial charge in [-0.1, -0.05) is 12.1 Å². The first kappa shape index (κ1) is 15.8. The summed E-state index contributed by atoms with van der Waals surface area (Å²) in [5, 5.41) is 0. The maximum atomic E-state index is 12.6. The smallest absolute Gasteiger partial charge is 0.344 e. The molecule has 116 valence electrons. The summed E-state index contributed by atoms with van der Waals surface area (Å²) in [6.07, 6.45) is -4.91. The van der Waals surface area contributed by atoms with Crippen molar-refractivity contribution in [2.75, 3.05) is 24.7 Å². The lowest BCUT2D eigenvalue weighted by Gasteiger charge is -2.26. The zero-order valence-corrected chi connectivity index (χ0v) is 11.7. The van der Waals surface area contributed by atoms with Crippen LogP contribution in [0.3, 0.4) is 0 Å². The summed E-state index contributed by atoms with van der Waals surface area (Å²) in [7, 11) is 0. The zero-order chi connectivity index (χ0) is 15.7. The van der Waals surface area contributed by atoms with Crippen LogP contribution in [-0.4, -0.2) is 31.8 Å². The van der Waals surface area contributed by atoms with Crippen LogP contribution in [0, 0.1) is 0 Å². The Morgan fingerprint density at radius 2 is 1.95 bits per heavy atom. The quantitative estimate of drug-likeness (QED) is 0.862. The number of carbonyl (C=O) groups excluding carboxylic acids is 1. The van der Waals surface area contributed by atoms with Crippen LogP contribution in [-0.2, 0) is 20.1 Å². The SMILES string of the molecule is CCN(C(=O)C(F)(F)F)c1cccc(C2(C)OCCO2)c1. The molecule has 1 aromatic rings. The first-order valence-electron chi connectivity index (χ1n) is 6.55. The molecule has 0 atom stereocenters. The number of rotatable bonds is 3. The van der Waals surface area contributed by atoms with Gasteiger partial charge in [0.1, 0.15) is 0 Å². The standard InChI is InChI=1S/C14H16F3NO3/c1-3-18(12(19)14(15,16)17)11-6-4-5-10(9-11)13(2)20-7-8-21-13/h4-6,9H,3,7-8H2,1-2H3. The molecule has 1 fully saturated rings. The largest absolute Gasteiger partial charge is 0.471 e. The van der Waals surface area contributed by atoms with Gasteiger partial charge >= 0.3 is 12.1 Å². The predicted molar refractivity (Wildman–Crippen MR) is 69.8 cm³/mol. The molecular weight excluding hydrogens is 287 g/mol. The number of nitrogens with zero attached hydrogens (tertiary/aromatic N) is 1. The van der Waals surface area contributed by atoms with Gasteiger partial charge in [-0.15, -0.1) is 0 Å². The van der Waals surface area contributed by atoms with Gasteiger partial charge in [-0.2, -0.15) is 13.2 Å². The highest BCUT2D eigenvalue weighted by atomic mass is 19.4. The molecule has 0 N–H and O–H groups in total. The van der Waals surface area contributed by atoms with Gasteiger partial charge in [0.15, 0.2) is 5.79 Å². The van der Waals surface area contributed by atoms with Crippen LogP contribution >= 0.6 is 0 Å². The maximum Gasteiger partial charge on any atom is 0.471 e. The third kappa shape index (κ3) is 3.19. The number of alkyl halides is 3. The van der Waals surface area contributed by atoms with Crippen molar-refractivity contribution in [1.29, 1.82) is 0 Å². The van der Waals surface area contributed by atoms with E-state index in [1.807, 2.05) is 0 Å². The van der Waals surface area contributed by atoms with Crippen molar-refractivity contribution in [3.63, 3.8) is 0 Å². The van der Waals surface area contributed by atoms with E-state index >= 15 is 0 Å². The highest BCUT2D eigenvalue weighted by molar-refractivity contribution is 5.97. The van der Waals surface area contributed by atoms with Crippen LogP contribution in [0.2, 0.25) is 0 Å². The van der Waals surface area contributed by atoms with Crippen LogP contribution in [0.5, 0.6) is 0 Å². The molecule has 1 heterocycles. The van der Waals surface area contributed by atoms with E-state index < -0.39 is 17.9 Å². The monoisotopic (exact) mass is 303 g/mol. The van der Waals surface area contributed by atoms with Gasteiger partial charge in [0.25, 0.3) is 0 Å². The molecule has 21 heavy (non-hydrogen) atoms. The summed E-state index contributed by atoms with van der Waals surface area (Å²) in [5.41, 5.74) is 0.739. The molecule has 1 aliphatic heterocycles. The fourth-order valence-corrected chi connectivity index (χ4v) is 2.23. The van der Waals surface area contributed by atoms with Gasteiger partial charge in [0.2, 0.25) is 0 Å². The van der Waals surface area contributed by atoms with Crippen molar-refractivity contribution in [2.45, 2.75) is 25.8 Å². The van der Waals surface area contributed by atoms with Crippen LogP contribution in [0.25, 0.3) is 0 Å². The molecule has 1 aromatic carbocycles. The van der Waals surface area contributed by atoms with Gasteiger partial charge in [-0.05, 0) is 26.0 Å². The fourth-order valence-electron chi connectivity index (χ4n) is 2.23. The topological polar surface area (TPSA) is 38.8 Å². The predicted octanol–water partition coefficient (Wildman–Crippen LogP) is 2.82. The Kier molecular flexibility index (Phi) is 4.25. The van der Waals surface area contributed by atoms with Gasteiger partial charge in [-0.3, -0.25) is 4.79 Å². The van der Waals surface area contributed by atoms with Gasteiger partial charge < -0.3 is 14.4 Å². The van der Waals surface area contributed by atoms with Gasteiger partial charge in [-0.25, -0.2) is 0 Å². The van der Waals surface area contributed by atoms with Crippen molar-refractivity contribution < 1.29 is 27.4 Å². The fraction of sp³-hybridized carbons (Fsp3) is 0.500. The van der Waals surface area contributed by atoms with E-state index in [0.29, 0.717) is 23.7 Å². The first-order valence-corrected chi connectivity index (χ1v) is 6.55. The molecule has 2 rings (SSSR count). The molecule has 4 nitrogen and oxygen atoms in total. The Labute approximate surface area is 120 Å². The van der Waals surface area contributed by atoms with Crippen LogP contribution in [0.15, 0.2) is 24.3 Å². The Hall–Kier alpha value is -1.60. The summed E-state index contributed by atoms with van der Waals surface area (Å²) < 4.78 is 48.8. The molecule has 0 unspecified atom stereocenters. The van der Waals surface area contributed by atoms with Crippen LogP contribution in [0.1, 0.15) is 19.4 Å². The number of hydrogen-bond donors (Lipinski definition) is 0. The number of hydrogen-bond acceptors (Lipinski definition) is 3. The lowest BCUT2D eigenvalue weighted by atomic mass is 10.1. The lowest BCUT2D eigenvalue weighted by Crippen LogP contribution is -2.41. The van der Waals surface area contributed by atoms with E-state index in [1.54, 1.807) is 19.1 Å². The number of halogens is 3. The summed E-state index contributed by atoms with van der Waals surface area (Å²) >= 11 is 0. The second-order valence-corrected chi connectivity index (χ2v) is 4.74. The van der Waals surface area contributed by atoms with Gasteiger partial charge in [0, 0.05) is 17.8 Å². The molecule has 1 saturated heterocycles. The van der Waals surface area contributed by atoms with Gasteiger partial charge in [0.05, 0.1) is 13.2 Å². The minimum Gasteiger partial charge on any atom is -0.344 e. The molecule has 7 heteroatoms. The molecule has 0 aliphatic carbocycles. The third-order valence-corrected chi connectivity index (χ3v) is 3.32. The summed E-state index contributed by atoms with van der Waals surface area (Å²) in [5.74, 6) is -2.88. The minimum atomic E-state index is -4.91. The normalized spacial score (nSPS) is 17.8. The maximum absolute atomic E-state index is 12.6. The molecular formula is C14H16F3NO3. The number of benzene rings is 1. The molecule has 1 amide bonds. The van der Waals surface area contributed by atoms with E-state index in [9.17, 15) is 18.0 Å². The Morgan fingerprint density at radius 1 is 1.33 bits per heavy atom. The molecule has 0 radical (unpaired) electrons. The van der Waals surface area contributed by atoms with Crippen molar-refractivity contribution >= 4 is 11.6 Å². The number of ether oxygens (including phenoxy) is 2. The Morgan fingerprint density at radius 3 is 2.48 bits per heavy atom.